The predicted molar refractivity (Wildman–Crippen MR) is 116 cm³/mol. The summed E-state index contributed by atoms with van der Waals surface area (Å²) in [5.74, 6) is -0.494. The number of amides is 1. The lowest BCUT2D eigenvalue weighted by Gasteiger charge is -2.27. The normalized spacial score (nSPS) is 16.7. The van der Waals surface area contributed by atoms with Crippen LogP contribution < -0.4 is 0 Å². The van der Waals surface area contributed by atoms with Gasteiger partial charge in [0, 0.05) is 53.7 Å². The van der Waals surface area contributed by atoms with E-state index < -0.39 is 0 Å². The first-order valence-corrected chi connectivity index (χ1v) is 10.1. The first kappa shape index (κ1) is 18.2. The minimum atomic E-state index is -0.333. The molecule has 0 fully saturated rings. The number of aromatic nitrogens is 3. The second-order valence-corrected chi connectivity index (χ2v) is 7.48. The van der Waals surface area contributed by atoms with Gasteiger partial charge in [-0.05, 0) is 18.1 Å². The van der Waals surface area contributed by atoms with E-state index >= 15 is 0 Å². The Kier molecular flexibility index (Phi) is 4.59. The molecular formula is C24H22N4O2. The Balaban J connectivity index is 1.53. The average Bonchev–Trinajstić information content (AvgIpc) is 3.50. The fourth-order valence-corrected chi connectivity index (χ4v) is 4.28. The molecule has 3 heterocycles. The summed E-state index contributed by atoms with van der Waals surface area (Å²) in [5.41, 5.74) is 3.48. The van der Waals surface area contributed by atoms with Crippen LogP contribution in [-0.4, -0.2) is 37.0 Å². The first-order chi connectivity index (χ1) is 14.7. The summed E-state index contributed by atoms with van der Waals surface area (Å²) in [6.45, 7) is 1.29. The van der Waals surface area contributed by atoms with Gasteiger partial charge in [0.25, 0.3) is 5.91 Å². The van der Waals surface area contributed by atoms with Crippen LogP contribution in [-0.2, 0) is 11.3 Å². The van der Waals surface area contributed by atoms with Crippen LogP contribution >= 0.6 is 0 Å². The van der Waals surface area contributed by atoms with Crippen molar-refractivity contribution < 1.29 is 9.90 Å². The number of benzene rings is 2. The molecule has 2 aromatic heterocycles. The monoisotopic (exact) mass is 398 g/mol. The highest BCUT2D eigenvalue weighted by Gasteiger charge is 2.41. The zero-order chi connectivity index (χ0) is 20.5. The maximum absolute atomic E-state index is 13.1. The van der Waals surface area contributed by atoms with Crippen LogP contribution in [0.3, 0.4) is 0 Å². The third kappa shape index (κ3) is 3.06. The fourth-order valence-electron chi connectivity index (χ4n) is 4.28. The SMILES string of the molecule is O=C1C(O)=C(c2c[nH]c3ccccc23)C(c2ccccc2)N1CCCn1ccnc1. The number of para-hydroxylation sites is 1. The molecule has 2 aromatic carbocycles. The van der Waals surface area contributed by atoms with Gasteiger partial charge in [0.2, 0.25) is 0 Å². The van der Waals surface area contributed by atoms with E-state index in [9.17, 15) is 9.90 Å². The largest absolute Gasteiger partial charge is 0.503 e. The lowest BCUT2D eigenvalue weighted by molar-refractivity contribution is -0.129. The number of aryl methyl sites for hydroxylation is 1. The summed E-state index contributed by atoms with van der Waals surface area (Å²) < 4.78 is 1.99. The standard InChI is InChI=1S/C24H22N4O2/c29-23-21(19-15-26-20-10-5-4-9-18(19)20)22(17-7-2-1-3-8-17)28(24(23)30)13-6-12-27-14-11-25-16-27/h1-5,7-11,14-16,22,26,29H,6,12-13H2. The van der Waals surface area contributed by atoms with Crippen LogP contribution in [0.5, 0.6) is 0 Å². The third-order valence-corrected chi connectivity index (χ3v) is 5.67. The Bertz CT molecular complexity index is 1210. The number of aromatic amines is 1. The summed E-state index contributed by atoms with van der Waals surface area (Å²) >= 11 is 0. The van der Waals surface area contributed by atoms with Crippen molar-refractivity contribution in [2.75, 3.05) is 6.54 Å². The van der Waals surface area contributed by atoms with Gasteiger partial charge in [0.05, 0.1) is 12.4 Å². The molecule has 1 unspecified atom stereocenters. The maximum atomic E-state index is 13.1. The van der Waals surface area contributed by atoms with Crippen molar-refractivity contribution in [1.82, 2.24) is 19.4 Å². The molecule has 0 radical (unpaired) electrons. The van der Waals surface area contributed by atoms with Gasteiger partial charge in [-0.3, -0.25) is 4.79 Å². The van der Waals surface area contributed by atoms with Gasteiger partial charge in [0.15, 0.2) is 5.76 Å². The number of nitrogens with zero attached hydrogens (tertiary/aromatic N) is 3. The van der Waals surface area contributed by atoms with E-state index in [1.54, 1.807) is 17.4 Å². The van der Waals surface area contributed by atoms with Gasteiger partial charge in [-0.25, -0.2) is 4.98 Å². The van der Waals surface area contributed by atoms with Crippen LogP contribution in [0.25, 0.3) is 16.5 Å². The lowest BCUT2D eigenvalue weighted by Crippen LogP contribution is -2.31. The van der Waals surface area contributed by atoms with E-state index in [0.717, 1.165) is 35.0 Å². The highest BCUT2D eigenvalue weighted by molar-refractivity contribution is 6.08. The number of carbonyl (C=O) groups is 1. The zero-order valence-corrected chi connectivity index (χ0v) is 16.4. The van der Waals surface area contributed by atoms with Crippen molar-refractivity contribution in [3.8, 4) is 0 Å². The summed E-state index contributed by atoms with van der Waals surface area (Å²) in [6, 6.07) is 17.5. The van der Waals surface area contributed by atoms with Crippen molar-refractivity contribution in [2.24, 2.45) is 0 Å². The molecule has 1 aliphatic heterocycles. The van der Waals surface area contributed by atoms with E-state index in [1.807, 2.05) is 71.6 Å². The Morgan fingerprint density at radius 1 is 1.03 bits per heavy atom. The van der Waals surface area contributed by atoms with Crippen LogP contribution in [0.15, 0.2) is 85.3 Å². The Labute approximate surface area is 174 Å². The predicted octanol–water partition coefficient (Wildman–Crippen LogP) is 4.31. The summed E-state index contributed by atoms with van der Waals surface area (Å²) in [5, 5.41) is 11.9. The van der Waals surface area contributed by atoms with Crippen LogP contribution in [0.4, 0.5) is 0 Å². The van der Waals surface area contributed by atoms with Gasteiger partial charge in [0.1, 0.15) is 0 Å². The molecule has 5 rings (SSSR count). The van der Waals surface area contributed by atoms with Gasteiger partial charge in [-0.2, -0.15) is 0 Å². The van der Waals surface area contributed by atoms with Gasteiger partial charge in [-0.15, -0.1) is 0 Å². The molecule has 0 spiro atoms. The minimum absolute atomic E-state index is 0.170. The number of aliphatic hydroxyl groups is 1. The number of nitrogens with one attached hydrogen (secondary N) is 1. The van der Waals surface area contributed by atoms with E-state index in [1.165, 1.54) is 0 Å². The Hall–Kier alpha value is -3.80. The molecule has 0 saturated carbocycles. The topological polar surface area (TPSA) is 74.2 Å². The molecular weight excluding hydrogens is 376 g/mol. The summed E-state index contributed by atoms with van der Waals surface area (Å²) in [4.78, 5) is 22.2. The molecule has 1 aliphatic rings. The second-order valence-electron chi connectivity index (χ2n) is 7.48. The van der Waals surface area contributed by atoms with E-state index in [2.05, 4.69) is 9.97 Å². The molecule has 2 N–H and O–H groups in total. The second kappa shape index (κ2) is 7.55. The Morgan fingerprint density at radius 3 is 2.63 bits per heavy atom. The first-order valence-electron chi connectivity index (χ1n) is 10.1. The molecule has 0 saturated heterocycles. The van der Waals surface area contributed by atoms with Gasteiger partial charge >= 0.3 is 0 Å². The number of aliphatic hydroxyl groups excluding tert-OH is 1. The lowest BCUT2D eigenvalue weighted by atomic mass is 9.93. The maximum Gasteiger partial charge on any atom is 0.289 e. The van der Waals surface area contributed by atoms with E-state index in [0.29, 0.717) is 12.1 Å². The van der Waals surface area contributed by atoms with Gasteiger partial charge < -0.3 is 19.6 Å². The number of H-pyrrole nitrogens is 1. The minimum Gasteiger partial charge on any atom is -0.503 e. The highest BCUT2D eigenvalue weighted by atomic mass is 16.3. The number of hydrogen-bond donors (Lipinski definition) is 2. The molecule has 1 atom stereocenters. The van der Waals surface area contributed by atoms with Crippen molar-refractivity contribution in [1.29, 1.82) is 0 Å². The zero-order valence-electron chi connectivity index (χ0n) is 16.4. The Morgan fingerprint density at radius 2 is 1.83 bits per heavy atom. The average molecular weight is 398 g/mol. The molecule has 30 heavy (non-hydrogen) atoms. The number of hydrogen-bond acceptors (Lipinski definition) is 3. The number of imidazole rings is 1. The molecule has 0 aliphatic carbocycles. The van der Waals surface area contributed by atoms with Crippen molar-refractivity contribution in [3.63, 3.8) is 0 Å². The van der Waals surface area contributed by atoms with Crippen LogP contribution in [0.2, 0.25) is 0 Å². The molecule has 0 bridgehead atoms. The molecule has 6 heteroatoms. The molecule has 150 valence electrons. The number of carbonyl (C=O) groups excluding carboxylic acids is 1. The van der Waals surface area contributed by atoms with Crippen molar-refractivity contribution in [3.05, 3.63) is 96.4 Å². The smallest absolute Gasteiger partial charge is 0.289 e. The molecule has 1 amide bonds. The number of rotatable bonds is 6. The third-order valence-electron chi connectivity index (χ3n) is 5.67. The van der Waals surface area contributed by atoms with Crippen LogP contribution in [0, 0.1) is 0 Å². The van der Waals surface area contributed by atoms with Crippen LogP contribution in [0.1, 0.15) is 23.6 Å². The van der Waals surface area contributed by atoms with Gasteiger partial charge in [-0.1, -0.05) is 48.5 Å². The fraction of sp³-hybridized carbons (Fsp3) is 0.167. The quantitative estimate of drug-likeness (QED) is 0.508. The molecule has 4 aromatic rings. The van der Waals surface area contributed by atoms with Crippen molar-refractivity contribution in [2.45, 2.75) is 19.0 Å². The van der Waals surface area contributed by atoms with E-state index in [-0.39, 0.29) is 17.7 Å². The summed E-state index contributed by atoms with van der Waals surface area (Å²) in [6.07, 6.45) is 8.08. The number of fused-ring (bicyclic) bond motifs is 1. The van der Waals surface area contributed by atoms with Crippen molar-refractivity contribution >= 4 is 22.4 Å². The van der Waals surface area contributed by atoms with E-state index in [4.69, 9.17) is 0 Å². The summed E-state index contributed by atoms with van der Waals surface area (Å²) in [7, 11) is 0. The molecule has 6 nitrogen and oxygen atoms in total. The highest BCUT2D eigenvalue weighted by Crippen LogP contribution is 2.44.